The van der Waals surface area contributed by atoms with E-state index < -0.39 is 24.7 Å². The van der Waals surface area contributed by atoms with Gasteiger partial charge in [0.2, 0.25) is 0 Å². The van der Waals surface area contributed by atoms with Crippen LogP contribution < -0.4 is 20.1 Å². The van der Waals surface area contributed by atoms with E-state index in [4.69, 9.17) is 5.73 Å². The van der Waals surface area contributed by atoms with Crippen molar-refractivity contribution in [3.63, 3.8) is 0 Å². The predicted molar refractivity (Wildman–Crippen MR) is 103 cm³/mol. The zero-order chi connectivity index (χ0) is 21.0. The predicted octanol–water partition coefficient (Wildman–Crippen LogP) is 5.57. The molecule has 2 N–H and O–H groups in total. The Kier molecular flexibility index (Phi) is 6.42. The molecule has 0 fully saturated rings. The van der Waals surface area contributed by atoms with Crippen molar-refractivity contribution in [3.05, 3.63) is 58.5 Å². The summed E-state index contributed by atoms with van der Waals surface area (Å²) in [5.74, 6) is -0.975. The highest BCUT2D eigenvalue weighted by Gasteiger charge is 2.19. The average Bonchev–Trinajstić information content (AvgIpc) is 3.16. The Morgan fingerprint density at radius 1 is 1.00 bits per heavy atom. The minimum atomic E-state index is -3.20. The highest BCUT2D eigenvalue weighted by Crippen LogP contribution is 2.38. The van der Waals surface area contributed by atoms with Crippen LogP contribution in [0.3, 0.4) is 0 Å². The van der Waals surface area contributed by atoms with Crippen molar-refractivity contribution in [2.24, 2.45) is 0 Å². The molecule has 2 aromatic carbocycles. The Morgan fingerprint density at radius 3 is 2.28 bits per heavy atom. The van der Waals surface area contributed by atoms with E-state index in [9.17, 15) is 17.6 Å². The number of hydrogen-bond donors (Lipinski definition) is 1. The normalized spacial score (nSPS) is 11.1. The Labute approximate surface area is 168 Å². The van der Waals surface area contributed by atoms with Gasteiger partial charge in [-0.05, 0) is 36.8 Å². The molecule has 0 spiro atoms. The quantitative estimate of drug-likeness (QED) is 0.376. The van der Waals surface area contributed by atoms with Gasteiger partial charge in [-0.25, -0.2) is 0 Å². The van der Waals surface area contributed by atoms with Crippen molar-refractivity contribution in [1.82, 2.24) is 4.98 Å². The van der Waals surface area contributed by atoms with Gasteiger partial charge in [-0.3, -0.25) is 4.98 Å². The lowest BCUT2D eigenvalue weighted by molar-refractivity contribution is -0.0692. The summed E-state index contributed by atoms with van der Waals surface area (Å²) >= 11 is 1.42. The van der Waals surface area contributed by atoms with E-state index in [0.717, 1.165) is 16.5 Å². The number of nitrogens with two attached hydrogens (primary N) is 1. The van der Waals surface area contributed by atoms with Gasteiger partial charge in [0.15, 0.2) is 11.5 Å². The molecule has 0 saturated carbocycles. The van der Waals surface area contributed by atoms with Crippen LogP contribution in [0, 0.1) is 6.92 Å². The largest absolute Gasteiger partial charge is 0.431 e. The maximum absolute atomic E-state index is 12.8. The maximum atomic E-state index is 12.8. The number of rotatable bonds is 8. The van der Waals surface area contributed by atoms with Crippen LogP contribution in [0.25, 0.3) is 0 Å². The van der Waals surface area contributed by atoms with E-state index in [1.165, 1.54) is 23.5 Å². The Bertz CT molecular complexity index is 955. The third kappa shape index (κ3) is 5.29. The number of nitrogens with zero attached hydrogens (tertiary/aromatic N) is 2. The van der Waals surface area contributed by atoms with E-state index in [2.05, 4.69) is 14.5 Å². The fraction of sp³-hybridized carbons (Fsp3) is 0.211. The summed E-state index contributed by atoms with van der Waals surface area (Å²) in [7, 11) is 0. The average molecular weight is 427 g/mol. The number of aromatic nitrogens is 1. The fourth-order valence-corrected chi connectivity index (χ4v) is 3.23. The summed E-state index contributed by atoms with van der Waals surface area (Å²) in [5.41, 5.74) is 10.2. The SMILES string of the molecule is Cc1ccc(N(Cc2cncs2)c2ccc(OC(F)F)c(OC(F)F)c2)cc1N. The molecule has 29 heavy (non-hydrogen) atoms. The van der Waals surface area contributed by atoms with Crippen molar-refractivity contribution in [1.29, 1.82) is 0 Å². The highest BCUT2D eigenvalue weighted by atomic mass is 32.1. The van der Waals surface area contributed by atoms with Crippen LogP contribution >= 0.6 is 11.3 Å². The minimum absolute atomic E-state index is 0.357. The van der Waals surface area contributed by atoms with Crippen LogP contribution in [0.15, 0.2) is 48.1 Å². The van der Waals surface area contributed by atoms with Gasteiger partial charge in [0.1, 0.15) is 0 Å². The van der Waals surface area contributed by atoms with Crippen LogP contribution in [-0.4, -0.2) is 18.2 Å². The van der Waals surface area contributed by atoms with Crippen LogP contribution in [0.5, 0.6) is 11.5 Å². The number of anilines is 3. The van der Waals surface area contributed by atoms with Gasteiger partial charge in [-0.1, -0.05) is 6.07 Å². The molecule has 0 aliphatic carbocycles. The molecule has 0 saturated heterocycles. The molecule has 0 bridgehead atoms. The molecule has 0 radical (unpaired) electrons. The molecule has 5 nitrogen and oxygen atoms in total. The van der Waals surface area contributed by atoms with Crippen molar-refractivity contribution >= 4 is 28.4 Å². The van der Waals surface area contributed by atoms with Gasteiger partial charge >= 0.3 is 13.2 Å². The molecule has 0 unspecified atom stereocenters. The van der Waals surface area contributed by atoms with Crippen molar-refractivity contribution in [2.45, 2.75) is 26.7 Å². The van der Waals surface area contributed by atoms with Gasteiger partial charge < -0.3 is 20.1 Å². The van der Waals surface area contributed by atoms with Crippen LogP contribution in [0.1, 0.15) is 10.4 Å². The number of aryl methyl sites for hydroxylation is 1. The summed E-state index contributed by atoms with van der Waals surface area (Å²) in [6, 6.07) is 9.26. The van der Waals surface area contributed by atoms with Gasteiger partial charge in [0.05, 0.1) is 12.1 Å². The van der Waals surface area contributed by atoms with Gasteiger partial charge in [0.25, 0.3) is 0 Å². The van der Waals surface area contributed by atoms with Gasteiger partial charge in [-0.15, -0.1) is 11.3 Å². The second kappa shape index (κ2) is 8.99. The summed E-state index contributed by atoms with van der Waals surface area (Å²) < 4.78 is 59.5. The Morgan fingerprint density at radius 2 is 1.66 bits per heavy atom. The number of halogens is 4. The smallest absolute Gasteiger partial charge is 0.387 e. The first-order valence-electron chi connectivity index (χ1n) is 8.38. The van der Waals surface area contributed by atoms with E-state index >= 15 is 0 Å². The van der Waals surface area contributed by atoms with E-state index in [0.29, 0.717) is 23.6 Å². The van der Waals surface area contributed by atoms with Crippen LogP contribution in [0.4, 0.5) is 34.6 Å². The molecule has 10 heteroatoms. The first-order chi connectivity index (χ1) is 13.8. The van der Waals surface area contributed by atoms with E-state index in [1.54, 1.807) is 22.7 Å². The number of benzene rings is 2. The molecule has 0 aliphatic rings. The topological polar surface area (TPSA) is 60.6 Å². The van der Waals surface area contributed by atoms with E-state index in [-0.39, 0.29) is 0 Å². The molecule has 154 valence electrons. The third-order valence-corrected chi connectivity index (χ3v) is 4.81. The Hall–Kier alpha value is -3.01. The molecule has 3 aromatic rings. The molecule has 0 aliphatic heterocycles. The van der Waals surface area contributed by atoms with Gasteiger partial charge in [0, 0.05) is 34.2 Å². The monoisotopic (exact) mass is 427 g/mol. The fourth-order valence-electron chi connectivity index (χ4n) is 2.65. The maximum Gasteiger partial charge on any atom is 0.387 e. The standard InChI is InChI=1S/C19H17F4N3O2S/c1-11-2-3-12(6-15(11)24)26(9-14-8-25-10-29-14)13-4-5-16(27-18(20)21)17(7-13)28-19(22)23/h2-8,10,18-19H,9,24H2,1H3. The molecule has 0 atom stereocenters. The second-order valence-corrected chi connectivity index (χ2v) is 6.95. The lowest BCUT2D eigenvalue weighted by atomic mass is 10.1. The summed E-state index contributed by atoms with van der Waals surface area (Å²) in [6.45, 7) is -4.16. The number of hydrogen-bond acceptors (Lipinski definition) is 6. The molecule has 0 amide bonds. The van der Waals surface area contributed by atoms with Crippen molar-refractivity contribution < 1.29 is 27.0 Å². The zero-order valence-electron chi connectivity index (χ0n) is 15.2. The lowest BCUT2D eigenvalue weighted by Gasteiger charge is -2.26. The minimum Gasteiger partial charge on any atom is -0.431 e. The number of ether oxygens (including phenoxy) is 2. The van der Waals surface area contributed by atoms with Crippen molar-refractivity contribution in [3.8, 4) is 11.5 Å². The third-order valence-electron chi connectivity index (χ3n) is 4.04. The number of alkyl halides is 4. The zero-order valence-corrected chi connectivity index (χ0v) is 16.0. The molecule has 1 aromatic heterocycles. The molecular formula is C19H17F4N3O2S. The molecule has 3 rings (SSSR count). The molecular weight excluding hydrogens is 410 g/mol. The number of nitrogen functional groups attached to an aromatic ring is 1. The van der Waals surface area contributed by atoms with Gasteiger partial charge in [-0.2, -0.15) is 17.6 Å². The second-order valence-electron chi connectivity index (χ2n) is 5.98. The summed E-state index contributed by atoms with van der Waals surface area (Å²) in [6.07, 6.45) is 1.68. The summed E-state index contributed by atoms with van der Waals surface area (Å²) in [5, 5.41) is 0. The lowest BCUT2D eigenvalue weighted by Crippen LogP contribution is -2.17. The van der Waals surface area contributed by atoms with Crippen LogP contribution in [0.2, 0.25) is 0 Å². The van der Waals surface area contributed by atoms with E-state index in [1.807, 2.05) is 19.1 Å². The molecule has 1 heterocycles. The van der Waals surface area contributed by atoms with Crippen molar-refractivity contribution in [2.75, 3.05) is 10.6 Å². The van der Waals surface area contributed by atoms with Crippen LogP contribution in [-0.2, 0) is 6.54 Å². The summed E-state index contributed by atoms with van der Waals surface area (Å²) in [4.78, 5) is 6.72. The highest BCUT2D eigenvalue weighted by molar-refractivity contribution is 7.09. The number of thiazole rings is 1. The first-order valence-corrected chi connectivity index (χ1v) is 9.26. The Balaban J connectivity index is 2.05. The first kappa shape index (κ1) is 20.7.